The first-order chi connectivity index (χ1) is 12.6. The number of carbonyl (C=O) groups excluding carboxylic acids is 1. The predicted molar refractivity (Wildman–Crippen MR) is 102 cm³/mol. The first-order valence-electron chi connectivity index (χ1n) is 8.05. The lowest BCUT2D eigenvalue weighted by Crippen LogP contribution is -2.26. The average molecular weight is 367 g/mol. The monoisotopic (exact) mass is 367 g/mol. The highest BCUT2D eigenvalue weighted by Gasteiger charge is 2.32. The molecule has 2 aromatic carbocycles. The second-order valence-corrected chi connectivity index (χ2v) is 6.87. The lowest BCUT2D eigenvalue weighted by Gasteiger charge is -2.05. The standard InChI is InChI=1S/C19H17N3O3S/c23-17(24)12-16-18(25)20-19(26-16)22-21-15(14-9-5-2-6-10-14)11-13-7-3-1-4-8-13/h1-10,16H,11-12H2,(H,23,24)(H,20,22,25)/b21-15+/t16-/m0/s1. The second kappa shape index (κ2) is 8.44. The number of amides is 1. The van der Waals surface area contributed by atoms with Crippen molar-refractivity contribution in [3.8, 4) is 0 Å². The number of nitrogens with one attached hydrogen (secondary N) is 1. The summed E-state index contributed by atoms with van der Waals surface area (Å²) in [5.74, 6) is -1.37. The lowest BCUT2D eigenvalue weighted by molar-refractivity contribution is -0.138. The van der Waals surface area contributed by atoms with E-state index in [-0.39, 0.29) is 12.3 Å². The van der Waals surface area contributed by atoms with Crippen LogP contribution in [0.4, 0.5) is 0 Å². The highest BCUT2D eigenvalue weighted by molar-refractivity contribution is 8.15. The van der Waals surface area contributed by atoms with E-state index in [0.29, 0.717) is 11.6 Å². The zero-order valence-corrected chi connectivity index (χ0v) is 14.6. The Morgan fingerprint density at radius 1 is 1.08 bits per heavy atom. The van der Waals surface area contributed by atoms with Crippen LogP contribution in [0, 0.1) is 0 Å². The summed E-state index contributed by atoms with van der Waals surface area (Å²) in [6.45, 7) is 0. The van der Waals surface area contributed by atoms with E-state index < -0.39 is 11.2 Å². The van der Waals surface area contributed by atoms with Gasteiger partial charge in [-0.25, -0.2) is 0 Å². The van der Waals surface area contributed by atoms with Gasteiger partial charge in [-0.05, 0) is 11.1 Å². The number of hydrogen-bond donors (Lipinski definition) is 2. The van der Waals surface area contributed by atoms with Crippen molar-refractivity contribution in [1.82, 2.24) is 5.32 Å². The highest BCUT2D eigenvalue weighted by Crippen LogP contribution is 2.22. The van der Waals surface area contributed by atoms with Crippen LogP contribution in [0.1, 0.15) is 17.5 Å². The summed E-state index contributed by atoms with van der Waals surface area (Å²) >= 11 is 1.09. The number of rotatable bonds is 6. The van der Waals surface area contributed by atoms with Crippen molar-refractivity contribution in [2.45, 2.75) is 18.1 Å². The number of benzene rings is 2. The van der Waals surface area contributed by atoms with Crippen LogP contribution in [0.15, 0.2) is 70.9 Å². The van der Waals surface area contributed by atoms with E-state index in [9.17, 15) is 9.59 Å². The SMILES string of the molecule is O=C(O)C[C@@H]1S/C(=N\N=C(/Cc2ccccc2)c2ccccc2)NC1=O. The topological polar surface area (TPSA) is 91.1 Å². The van der Waals surface area contributed by atoms with Gasteiger partial charge in [0.15, 0.2) is 5.17 Å². The summed E-state index contributed by atoms with van der Waals surface area (Å²) in [5.41, 5.74) is 2.81. The zero-order valence-electron chi connectivity index (χ0n) is 13.8. The number of amidine groups is 1. The molecule has 2 aromatic rings. The highest BCUT2D eigenvalue weighted by atomic mass is 32.2. The summed E-state index contributed by atoms with van der Waals surface area (Å²) in [7, 11) is 0. The lowest BCUT2D eigenvalue weighted by atomic mass is 10.0. The van der Waals surface area contributed by atoms with Gasteiger partial charge >= 0.3 is 5.97 Å². The number of carbonyl (C=O) groups is 2. The third-order valence-corrected chi connectivity index (χ3v) is 4.79. The molecule has 1 heterocycles. The summed E-state index contributed by atoms with van der Waals surface area (Å²) in [5, 5.41) is 19.6. The maximum absolute atomic E-state index is 11.8. The molecule has 1 aliphatic rings. The molecule has 1 aliphatic heterocycles. The van der Waals surface area contributed by atoms with E-state index in [1.807, 2.05) is 60.7 Å². The van der Waals surface area contributed by atoms with Crippen molar-refractivity contribution in [1.29, 1.82) is 0 Å². The molecule has 0 aliphatic carbocycles. The Morgan fingerprint density at radius 3 is 2.38 bits per heavy atom. The van der Waals surface area contributed by atoms with Crippen LogP contribution in [0.2, 0.25) is 0 Å². The molecule has 1 atom stereocenters. The number of carboxylic acid groups (broad SMARTS) is 1. The van der Waals surface area contributed by atoms with Crippen LogP contribution >= 0.6 is 11.8 Å². The summed E-state index contributed by atoms with van der Waals surface area (Å²) in [4.78, 5) is 22.6. The van der Waals surface area contributed by atoms with Crippen LogP contribution in [0.3, 0.4) is 0 Å². The molecule has 0 spiro atoms. The van der Waals surface area contributed by atoms with Gasteiger partial charge in [-0.2, -0.15) is 5.10 Å². The molecule has 132 valence electrons. The fraction of sp³-hybridized carbons (Fsp3) is 0.158. The van der Waals surface area contributed by atoms with Crippen molar-refractivity contribution >= 4 is 34.5 Å². The molecular weight excluding hydrogens is 350 g/mol. The van der Waals surface area contributed by atoms with Gasteiger partial charge in [0.25, 0.3) is 0 Å². The van der Waals surface area contributed by atoms with Gasteiger partial charge in [0.2, 0.25) is 5.91 Å². The van der Waals surface area contributed by atoms with Gasteiger partial charge in [-0.15, -0.1) is 5.10 Å². The number of thioether (sulfide) groups is 1. The first-order valence-corrected chi connectivity index (χ1v) is 8.93. The summed E-state index contributed by atoms with van der Waals surface area (Å²) in [6.07, 6.45) is 0.355. The molecule has 3 rings (SSSR count). The normalized spacial score (nSPS) is 18.8. The molecule has 0 unspecified atom stereocenters. The number of aliphatic carboxylic acids is 1. The number of hydrogen-bond acceptors (Lipinski definition) is 5. The molecule has 2 N–H and O–H groups in total. The maximum Gasteiger partial charge on any atom is 0.305 e. The quantitative estimate of drug-likeness (QED) is 0.607. The van der Waals surface area contributed by atoms with Gasteiger partial charge < -0.3 is 10.4 Å². The molecular formula is C19H17N3O3S. The van der Waals surface area contributed by atoms with Gasteiger partial charge in [0.05, 0.1) is 12.1 Å². The minimum atomic E-state index is -1.02. The molecule has 0 aromatic heterocycles. The summed E-state index contributed by atoms with van der Waals surface area (Å²) in [6, 6.07) is 19.6. The van der Waals surface area contributed by atoms with E-state index in [1.54, 1.807) is 0 Å². The van der Waals surface area contributed by atoms with E-state index >= 15 is 0 Å². The largest absolute Gasteiger partial charge is 0.481 e. The molecule has 7 heteroatoms. The van der Waals surface area contributed by atoms with Gasteiger partial charge in [0, 0.05) is 6.42 Å². The smallest absolute Gasteiger partial charge is 0.305 e. The van der Waals surface area contributed by atoms with Crippen molar-refractivity contribution < 1.29 is 14.7 Å². The van der Waals surface area contributed by atoms with E-state index in [0.717, 1.165) is 28.6 Å². The molecule has 0 saturated carbocycles. The second-order valence-electron chi connectivity index (χ2n) is 5.67. The Labute approximate surface area is 155 Å². The molecule has 6 nitrogen and oxygen atoms in total. The first kappa shape index (κ1) is 17.9. The van der Waals surface area contributed by atoms with Crippen LogP contribution in [0.5, 0.6) is 0 Å². The zero-order chi connectivity index (χ0) is 18.4. The van der Waals surface area contributed by atoms with Crippen molar-refractivity contribution in [3.63, 3.8) is 0 Å². The third-order valence-electron chi connectivity index (χ3n) is 3.72. The predicted octanol–water partition coefficient (Wildman–Crippen LogP) is 2.70. The van der Waals surface area contributed by atoms with Crippen molar-refractivity contribution in [2.75, 3.05) is 0 Å². The van der Waals surface area contributed by atoms with E-state index in [2.05, 4.69) is 15.5 Å². The molecule has 0 radical (unpaired) electrons. The van der Waals surface area contributed by atoms with E-state index in [4.69, 9.17) is 5.11 Å². The number of nitrogens with zero attached hydrogens (tertiary/aromatic N) is 2. The molecule has 0 bridgehead atoms. The van der Waals surface area contributed by atoms with E-state index in [1.165, 1.54) is 0 Å². The maximum atomic E-state index is 11.8. The van der Waals surface area contributed by atoms with Crippen LogP contribution in [-0.4, -0.2) is 33.1 Å². The molecule has 1 amide bonds. The fourth-order valence-corrected chi connectivity index (χ4v) is 3.37. The van der Waals surface area contributed by atoms with Crippen molar-refractivity contribution in [3.05, 3.63) is 71.8 Å². The molecule has 1 saturated heterocycles. The fourth-order valence-electron chi connectivity index (χ4n) is 2.47. The molecule has 26 heavy (non-hydrogen) atoms. The number of carboxylic acids is 1. The third kappa shape index (κ3) is 4.80. The Kier molecular flexibility index (Phi) is 5.80. The van der Waals surface area contributed by atoms with Crippen LogP contribution in [-0.2, 0) is 16.0 Å². The van der Waals surface area contributed by atoms with Gasteiger partial charge in [-0.3, -0.25) is 9.59 Å². The summed E-state index contributed by atoms with van der Waals surface area (Å²) < 4.78 is 0. The Balaban J connectivity index is 1.83. The average Bonchev–Trinajstić information content (AvgIpc) is 2.99. The van der Waals surface area contributed by atoms with Crippen LogP contribution < -0.4 is 5.32 Å². The Morgan fingerprint density at radius 2 is 1.73 bits per heavy atom. The van der Waals surface area contributed by atoms with Crippen LogP contribution in [0.25, 0.3) is 0 Å². The van der Waals surface area contributed by atoms with Gasteiger partial charge in [0.1, 0.15) is 5.25 Å². The van der Waals surface area contributed by atoms with Crippen molar-refractivity contribution in [2.24, 2.45) is 10.2 Å². The minimum absolute atomic E-state index is 0.241. The molecule has 1 fully saturated rings. The minimum Gasteiger partial charge on any atom is -0.481 e. The Bertz CT molecular complexity index is 851. The Hall–Kier alpha value is -2.93. The van der Waals surface area contributed by atoms with Gasteiger partial charge in [-0.1, -0.05) is 72.4 Å².